The van der Waals surface area contributed by atoms with Crippen LogP contribution >= 0.6 is 11.6 Å². The number of H-pyrrole nitrogens is 1. The smallest absolute Gasteiger partial charge is 0.132 e. The predicted molar refractivity (Wildman–Crippen MR) is 125 cm³/mol. The highest BCUT2D eigenvalue weighted by Gasteiger charge is 2.18. The zero-order chi connectivity index (χ0) is 21.7. The molecule has 1 unspecified atom stereocenters. The van der Waals surface area contributed by atoms with Crippen molar-refractivity contribution in [3.8, 4) is 16.9 Å². The van der Waals surface area contributed by atoms with Crippen molar-refractivity contribution in [1.29, 1.82) is 0 Å². The van der Waals surface area contributed by atoms with Crippen LogP contribution in [0.3, 0.4) is 0 Å². The van der Waals surface area contributed by atoms with E-state index in [1.54, 1.807) is 10.9 Å². The minimum atomic E-state index is 0.0708. The molecule has 3 aromatic carbocycles. The third-order valence-corrected chi connectivity index (χ3v) is 6.08. The molecule has 1 N–H and O–H groups in total. The third kappa shape index (κ3) is 2.98. The van der Waals surface area contributed by atoms with Crippen molar-refractivity contribution in [2.45, 2.75) is 13.0 Å². The second-order valence-corrected chi connectivity index (χ2v) is 8.12. The van der Waals surface area contributed by atoms with E-state index in [9.17, 15) is 0 Å². The van der Waals surface area contributed by atoms with E-state index in [0.717, 1.165) is 33.4 Å². The Balaban J connectivity index is 1.49. The summed E-state index contributed by atoms with van der Waals surface area (Å²) in [5.74, 6) is 0. The summed E-state index contributed by atoms with van der Waals surface area (Å²) in [6.07, 6.45) is 3.61. The maximum atomic E-state index is 6.64. The van der Waals surface area contributed by atoms with Crippen LogP contribution in [0.5, 0.6) is 0 Å². The van der Waals surface area contributed by atoms with Gasteiger partial charge in [-0.05, 0) is 48.9 Å². The molecule has 6 aromatic rings. The Hall–Kier alpha value is -3.97. The zero-order valence-corrected chi connectivity index (χ0v) is 17.9. The highest BCUT2D eigenvalue weighted by molar-refractivity contribution is 6.35. The number of nitrogens with zero attached hydrogens (tertiary/aromatic N) is 6. The van der Waals surface area contributed by atoms with Crippen LogP contribution in [0.4, 0.5) is 0 Å². The van der Waals surface area contributed by atoms with Crippen LogP contribution in [0.2, 0.25) is 5.02 Å². The molecule has 0 aliphatic carbocycles. The summed E-state index contributed by atoms with van der Waals surface area (Å²) in [5, 5.41) is 22.0. The van der Waals surface area contributed by atoms with Crippen LogP contribution in [0.15, 0.2) is 79.1 Å². The second-order valence-electron chi connectivity index (χ2n) is 7.72. The van der Waals surface area contributed by atoms with E-state index >= 15 is 0 Å². The van der Waals surface area contributed by atoms with Crippen LogP contribution in [-0.2, 0) is 0 Å². The maximum absolute atomic E-state index is 6.64. The maximum Gasteiger partial charge on any atom is 0.132 e. The highest BCUT2D eigenvalue weighted by atomic mass is 35.5. The van der Waals surface area contributed by atoms with Gasteiger partial charge in [0.05, 0.1) is 39.7 Å². The first-order valence-corrected chi connectivity index (χ1v) is 10.6. The SMILES string of the molecule is CC(c1ccccc1)n1nccc1-c1cc(Cl)c2nnn(-c3ccc4cn[nH]c4c3)c2c1. The van der Waals surface area contributed by atoms with Gasteiger partial charge in [-0.3, -0.25) is 9.78 Å². The lowest BCUT2D eigenvalue weighted by molar-refractivity contribution is 0.571. The Morgan fingerprint density at radius 2 is 1.88 bits per heavy atom. The van der Waals surface area contributed by atoms with Crippen molar-refractivity contribution in [2.24, 2.45) is 0 Å². The standard InChI is InChI=1S/C24H18ClN7/c1-15(16-5-3-2-4-6-16)31-22(9-10-27-31)18-11-20(25)24-23(12-18)32(30-29-24)19-8-7-17-14-26-28-21(17)13-19/h2-15H,1H3,(H,26,28). The Kier molecular flexibility index (Phi) is 4.29. The van der Waals surface area contributed by atoms with E-state index in [-0.39, 0.29) is 6.04 Å². The van der Waals surface area contributed by atoms with Crippen molar-refractivity contribution >= 4 is 33.5 Å². The summed E-state index contributed by atoms with van der Waals surface area (Å²) in [6, 6.07) is 22.4. The largest absolute Gasteiger partial charge is 0.278 e. The molecule has 0 aliphatic heterocycles. The molecule has 0 aliphatic rings. The number of rotatable bonds is 4. The number of benzene rings is 3. The second kappa shape index (κ2) is 7.32. The monoisotopic (exact) mass is 439 g/mol. The number of aromatic amines is 1. The highest BCUT2D eigenvalue weighted by Crippen LogP contribution is 2.33. The number of nitrogens with one attached hydrogen (secondary N) is 1. The molecule has 6 rings (SSSR count). The average Bonchev–Trinajstić information content (AvgIpc) is 3.57. The molecule has 3 heterocycles. The number of aromatic nitrogens is 7. The first kappa shape index (κ1) is 18.8. The van der Waals surface area contributed by atoms with E-state index in [4.69, 9.17) is 11.6 Å². The van der Waals surface area contributed by atoms with Crippen LogP contribution in [-0.4, -0.2) is 35.0 Å². The van der Waals surface area contributed by atoms with E-state index in [1.807, 2.05) is 59.4 Å². The van der Waals surface area contributed by atoms with Crippen molar-refractivity contribution in [3.63, 3.8) is 0 Å². The van der Waals surface area contributed by atoms with Crippen LogP contribution in [0.1, 0.15) is 18.5 Å². The molecule has 0 radical (unpaired) electrons. The lowest BCUT2D eigenvalue weighted by Crippen LogP contribution is -2.09. The lowest BCUT2D eigenvalue weighted by atomic mass is 10.1. The third-order valence-electron chi connectivity index (χ3n) is 5.79. The van der Waals surface area contributed by atoms with Crippen molar-refractivity contribution < 1.29 is 0 Å². The Morgan fingerprint density at radius 3 is 2.75 bits per heavy atom. The zero-order valence-electron chi connectivity index (χ0n) is 17.1. The summed E-state index contributed by atoms with van der Waals surface area (Å²) in [7, 11) is 0. The average molecular weight is 440 g/mol. The molecular weight excluding hydrogens is 422 g/mol. The van der Waals surface area contributed by atoms with Gasteiger partial charge in [-0.15, -0.1) is 5.10 Å². The van der Waals surface area contributed by atoms with Crippen LogP contribution in [0.25, 0.3) is 38.9 Å². The van der Waals surface area contributed by atoms with Crippen LogP contribution in [0, 0.1) is 0 Å². The molecule has 7 nitrogen and oxygen atoms in total. The van der Waals surface area contributed by atoms with Gasteiger partial charge in [0.1, 0.15) is 5.52 Å². The molecule has 1 atom stereocenters. The van der Waals surface area contributed by atoms with E-state index in [1.165, 1.54) is 5.56 Å². The Labute approximate surface area is 188 Å². The van der Waals surface area contributed by atoms with Gasteiger partial charge in [-0.1, -0.05) is 47.1 Å². The molecule has 3 aromatic heterocycles. The predicted octanol–water partition coefficient (Wildman–Crippen LogP) is 5.42. The fourth-order valence-corrected chi connectivity index (χ4v) is 4.35. The van der Waals surface area contributed by atoms with E-state index in [0.29, 0.717) is 10.5 Å². The van der Waals surface area contributed by atoms with Gasteiger partial charge in [0.2, 0.25) is 0 Å². The summed E-state index contributed by atoms with van der Waals surface area (Å²) >= 11 is 6.64. The summed E-state index contributed by atoms with van der Waals surface area (Å²) in [6.45, 7) is 2.14. The minimum Gasteiger partial charge on any atom is -0.278 e. The lowest BCUT2D eigenvalue weighted by Gasteiger charge is -2.16. The first-order valence-electron chi connectivity index (χ1n) is 10.3. The van der Waals surface area contributed by atoms with Crippen LogP contribution < -0.4 is 0 Å². The van der Waals surface area contributed by atoms with Gasteiger partial charge in [-0.2, -0.15) is 10.2 Å². The normalized spacial score (nSPS) is 12.6. The van der Waals surface area contributed by atoms with E-state index in [2.05, 4.69) is 50.7 Å². The number of fused-ring (bicyclic) bond motifs is 2. The van der Waals surface area contributed by atoms with Crippen molar-refractivity contribution in [3.05, 3.63) is 89.7 Å². The Morgan fingerprint density at radius 1 is 1.00 bits per heavy atom. The molecule has 0 amide bonds. The fraction of sp³-hybridized carbons (Fsp3) is 0.0833. The summed E-state index contributed by atoms with van der Waals surface area (Å²) in [5.41, 5.74) is 6.40. The van der Waals surface area contributed by atoms with Gasteiger partial charge in [-0.25, -0.2) is 4.68 Å². The number of hydrogen-bond acceptors (Lipinski definition) is 4. The molecule has 0 spiro atoms. The molecule has 8 heteroatoms. The fourth-order valence-electron chi connectivity index (χ4n) is 4.10. The summed E-state index contributed by atoms with van der Waals surface area (Å²) < 4.78 is 3.81. The van der Waals surface area contributed by atoms with Gasteiger partial charge in [0.15, 0.2) is 0 Å². The van der Waals surface area contributed by atoms with E-state index < -0.39 is 0 Å². The van der Waals surface area contributed by atoms with Crippen molar-refractivity contribution in [2.75, 3.05) is 0 Å². The molecule has 0 bridgehead atoms. The molecule has 32 heavy (non-hydrogen) atoms. The molecule has 156 valence electrons. The molecule has 0 saturated carbocycles. The summed E-state index contributed by atoms with van der Waals surface area (Å²) in [4.78, 5) is 0. The Bertz CT molecular complexity index is 1560. The molecule has 0 saturated heterocycles. The van der Waals surface area contributed by atoms with Gasteiger partial charge in [0.25, 0.3) is 0 Å². The molecule has 0 fully saturated rings. The first-order chi connectivity index (χ1) is 15.7. The van der Waals surface area contributed by atoms with Crippen molar-refractivity contribution in [1.82, 2.24) is 35.0 Å². The number of hydrogen-bond donors (Lipinski definition) is 1. The minimum absolute atomic E-state index is 0.0708. The van der Waals surface area contributed by atoms with Gasteiger partial charge < -0.3 is 0 Å². The molecular formula is C24H18ClN7. The number of halogens is 1. The van der Waals surface area contributed by atoms with Gasteiger partial charge in [0, 0.05) is 17.1 Å². The quantitative estimate of drug-likeness (QED) is 0.397. The van der Waals surface area contributed by atoms with Gasteiger partial charge >= 0.3 is 0 Å². The topological polar surface area (TPSA) is 77.2 Å².